The second-order valence-corrected chi connectivity index (χ2v) is 7.62. The predicted molar refractivity (Wildman–Crippen MR) is 122 cm³/mol. The summed E-state index contributed by atoms with van der Waals surface area (Å²) in [5.74, 6) is 0.486. The van der Waals surface area contributed by atoms with Crippen LogP contribution in [-0.4, -0.2) is 5.11 Å². The minimum atomic E-state index is -1.11. The fraction of sp³-hybridized carbons (Fsp3) is 0.333. The van der Waals surface area contributed by atoms with E-state index in [-0.39, 0.29) is 5.75 Å². The largest absolute Gasteiger partial charge is 0.507 e. The number of phenols is 1. The van der Waals surface area contributed by atoms with Gasteiger partial charge in [-0.1, -0.05) is 87.6 Å². The van der Waals surface area contributed by atoms with E-state index in [1.54, 1.807) is 6.07 Å². The van der Waals surface area contributed by atoms with Gasteiger partial charge in [0.25, 0.3) is 5.79 Å². The van der Waals surface area contributed by atoms with E-state index in [0.717, 1.165) is 12.8 Å². The van der Waals surface area contributed by atoms with E-state index in [9.17, 15) is 5.11 Å². The second-order valence-electron chi connectivity index (χ2n) is 7.62. The standard InChI is InChI=1S/C27H32O3/c1-2-3-4-5-6-15-22-27(25-20-13-14-21-26(25)28,29-23-16-9-7-10-17-23)30-24-18-11-8-12-19-24/h7-14,16-21,28H,2-6,15,22H2,1H3. The van der Waals surface area contributed by atoms with Crippen molar-refractivity contribution in [2.45, 2.75) is 57.7 Å². The average Bonchev–Trinajstić information content (AvgIpc) is 2.78. The molecule has 0 unspecified atom stereocenters. The van der Waals surface area contributed by atoms with Crippen molar-refractivity contribution in [1.82, 2.24) is 0 Å². The Hall–Kier alpha value is -2.94. The number of benzene rings is 3. The van der Waals surface area contributed by atoms with Crippen LogP contribution in [0.2, 0.25) is 0 Å². The van der Waals surface area contributed by atoms with Crippen LogP contribution < -0.4 is 9.47 Å². The van der Waals surface area contributed by atoms with E-state index in [1.165, 1.54) is 25.7 Å². The number of hydrogen-bond donors (Lipinski definition) is 1. The molecule has 1 N–H and O–H groups in total. The van der Waals surface area contributed by atoms with Crippen LogP contribution in [0.15, 0.2) is 84.9 Å². The molecule has 0 saturated heterocycles. The molecular weight excluding hydrogens is 372 g/mol. The van der Waals surface area contributed by atoms with E-state index in [0.29, 0.717) is 23.5 Å². The van der Waals surface area contributed by atoms with Crippen LogP contribution in [-0.2, 0) is 5.79 Å². The number of hydrogen-bond acceptors (Lipinski definition) is 3. The molecule has 3 rings (SSSR count). The van der Waals surface area contributed by atoms with Crippen LogP contribution in [0.1, 0.15) is 57.4 Å². The van der Waals surface area contributed by atoms with Gasteiger partial charge in [-0.3, -0.25) is 0 Å². The molecule has 0 spiro atoms. The van der Waals surface area contributed by atoms with Gasteiger partial charge in [0.15, 0.2) is 0 Å². The fourth-order valence-electron chi connectivity index (χ4n) is 3.66. The monoisotopic (exact) mass is 404 g/mol. The van der Waals surface area contributed by atoms with Crippen molar-refractivity contribution in [3.63, 3.8) is 0 Å². The molecule has 0 bridgehead atoms. The van der Waals surface area contributed by atoms with E-state index >= 15 is 0 Å². The molecule has 0 radical (unpaired) electrons. The molecule has 3 heteroatoms. The number of unbranched alkanes of at least 4 members (excludes halogenated alkanes) is 5. The smallest absolute Gasteiger partial charge is 0.281 e. The zero-order valence-electron chi connectivity index (χ0n) is 17.8. The van der Waals surface area contributed by atoms with E-state index in [2.05, 4.69) is 6.92 Å². The number of ether oxygens (including phenoxy) is 2. The molecule has 30 heavy (non-hydrogen) atoms. The Morgan fingerprint density at radius 3 is 1.70 bits per heavy atom. The van der Waals surface area contributed by atoms with Gasteiger partial charge in [-0.2, -0.15) is 0 Å². The quantitative estimate of drug-likeness (QED) is 0.252. The van der Waals surface area contributed by atoms with Crippen molar-refractivity contribution in [2.75, 3.05) is 0 Å². The molecule has 0 fully saturated rings. The highest BCUT2D eigenvalue weighted by atomic mass is 16.7. The van der Waals surface area contributed by atoms with Gasteiger partial charge >= 0.3 is 0 Å². The van der Waals surface area contributed by atoms with Crippen molar-refractivity contribution in [3.8, 4) is 17.2 Å². The predicted octanol–water partition coefficient (Wildman–Crippen LogP) is 7.45. The third-order valence-electron chi connectivity index (χ3n) is 5.23. The summed E-state index contributed by atoms with van der Waals surface area (Å²) in [5.41, 5.74) is 0.645. The zero-order chi connectivity index (χ0) is 21.1. The summed E-state index contributed by atoms with van der Waals surface area (Å²) >= 11 is 0. The molecule has 3 aromatic carbocycles. The number of rotatable bonds is 12. The van der Waals surface area contributed by atoms with Gasteiger partial charge in [-0.15, -0.1) is 0 Å². The first kappa shape index (κ1) is 21.8. The maximum Gasteiger partial charge on any atom is 0.281 e. The molecule has 0 heterocycles. The second kappa shape index (κ2) is 11.3. The number of para-hydroxylation sites is 3. The molecule has 3 nitrogen and oxygen atoms in total. The summed E-state index contributed by atoms with van der Waals surface area (Å²) in [5, 5.41) is 10.7. The van der Waals surface area contributed by atoms with Gasteiger partial charge in [0.05, 0.1) is 5.56 Å². The van der Waals surface area contributed by atoms with Crippen LogP contribution >= 0.6 is 0 Å². The average molecular weight is 405 g/mol. The zero-order valence-corrected chi connectivity index (χ0v) is 17.8. The Balaban J connectivity index is 1.92. The lowest BCUT2D eigenvalue weighted by Crippen LogP contribution is -2.39. The summed E-state index contributed by atoms with van der Waals surface area (Å²) in [4.78, 5) is 0. The van der Waals surface area contributed by atoms with Gasteiger partial charge < -0.3 is 14.6 Å². The summed E-state index contributed by atoms with van der Waals surface area (Å²) in [7, 11) is 0. The van der Waals surface area contributed by atoms with Crippen LogP contribution in [0.3, 0.4) is 0 Å². The first-order valence-corrected chi connectivity index (χ1v) is 11.0. The van der Waals surface area contributed by atoms with Crippen LogP contribution in [0, 0.1) is 0 Å². The van der Waals surface area contributed by atoms with Gasteiger partial charge in [0.2, 0.25) is 0 Å². The SMILES string of the molecule is CCCCCCCCC(Oc1ccccc1)(Oc1ccccc1)c1ccccc1O. The number of aromatic hydroxyl groups is 1. The van der Waals surface area contributed by atoms with Crippen LogP contribution in [0.5, 0.6) is 17.2 Å². The minimum Gasteiger partial charge on any atom is -0.507 e. The molecule has 0 amide bonds. The maximum absolute atomic E-state index is 10.7. The molecule has 0 aromatic heterocycles. The third kappa shape index (κ3) is 6.03. The third-order valence-corrected chi connectivity index (χ3v) is 5.23. The van der Waals surface area contributed by atoms with Crippen molar-refractivity contribution in [2.24, 2.45) is 0 Å². The fourth-order valence-corrected chi connectivity index (χ4v) is 3.66. The van der Waals surface area contributed by atoms with Crippen molar-refractivity contribution >= 4 is 0 Å². The normalized spacial score (nSPS) is 11.2. The first-order valence-electron chi connectivity index (χ1n) is 11.0. The van der Waals surface area contributed by atoms with Crippen LogP contribution in [0.25, 0.3) is 0 Å². The summed E-state index contributed by atoms with van der Waals surface area (Å²) in [6.45, 7) is 2.23. The van der Waals surface area contributed by atoms with Crippen molar-refractivity contribution in [3.05, 3.63) is 90.5 Å². The summed E-state index contributed by atoms with van der Waals surface area (Å²) < 4.78 is 13.0. The van der Waals surface area contributed by atoms with Gasteiger partial charge in [0.1, 0.15) is 17.2 Å². The van der Waals surface area contributed by atoms with E-state index in [4.69, 9.17) is 9.47 Å². The molecule has 3 aromatic rings. The maximum atomic E-state index is 10.7. The highest BCUT2D eigenvalue weighted by Gasteiger charge is 2.39. The minimum absolute atomic E-state index is 0.176. The van der Waals surface area contributed by atoms with Crippen molar-refractivity contribution < 1.29 is 14.6 Å². The lowest BCUT2D eigenvalue weighted by molar-refractivity contribution is -0.130. The van der Waals surface area contributed by atoms with Gasteiger partial charge in [-0.05, 0) is 42.8 Å². The topological polar surface area (TPSA) is 38.7 Å². The van der Waals surface area contributed by atoms with Gasteiger partial charge in [-0.25, -0.2) is 0 Å². The molecule has 0 saturated carbocycles. The molecule has 158 valence electrons. The Morgan fingerprint density at radius 2 is 1.13 bits per heavy atom. The van der Waals surface area contributed by atoms with Crippen molar-refractivity contribution in [1.29, 1.82) is 0 Å². The van der Waals surface area contributed by atoms with E-state index in [1.807, 2.05) is 78.9 Å². The Bertz CT molecular complexity index is 820. The highest BCUT2D eigenvalue weighted by Crippen LogP contribution is 2.40. The Labute approximate surface area is 180 Å². The van der Waals surface area contributed by atoms with Crippen LogP contribution in [0.4, 0.5) is 0 Å². The lowest BCUT2D eigenvalue weighted by atomic mass is 9.96. The molecule has 0 aliphatic rings. The molecule has 0 aliphatic heterocycles. The highest BCUT2D eigenvalue weighted by molar-refractivity contribution is 5.38. The molecule has 0 aliphatic carbocycles. The molecular formula is C27H32O3. The van der Waals surface area contributed by atoms with E-state index < -0.39 is 5.79 Å². The Kier molecular flexibility index (Phi) is 8.20. The Morgan fingerprint density at radius 1 is 0.633 bits per heavy atom. The first-order chi connectivity index (χ1) is 14.7. The lowest BCUT2D eigenvalue weighted by Gasteiger charge is -2.35. The summed E-state index contributed by atoms with van der Waals surface area (Å²) in [6, 6.07) is 26.7. The number of phenolic OH excluding ortho intramolecular Hbond substituents is 1. The summed E-state index contributed by atoms with van der Waals surface area (Å²) in [6.07, 6.45) is 7.63. The molecule has 0 atom stereocenters. The van der Waals surface area contributed by atoms with Gasteiger partial charge in [0, 0.05) is 6.42 Å².